The summed E-state index contributed by atoms with van der Waals surface area (Å²) in [5, 5.41) is 8.76. The normalized spacial score (nSPS) is 20.2. The molecular formula is C12H13NO3. The molecule has 4 nitrogen and oxygen atoms in total. The minimum atomic E-state index is -0.952. The highest BCUT2D eigenvalue weighted by atomic mass is 16.4. The van der Waals surface area contributed by atoms with Crippen molar-refractivity contribution in [3.8, 4) is 0 Å². The molecule has 84 valence electrons. The second-order valence-corrected chi connectivity index (χ2v) is 4.00. The molecule has 1 aromatic carbocycles. The van der Waals surface area contributed by atoms with Gasteiger partial charge < -0.3 is 10.0 Å². The van der Waals surface area contributed by atoms with Gasteiger partial charge in [0.1, 0.15) is 0 Å². The van der Waals surface area contributed by atoms with Crippen LogP contribution in [-0.2, 0) is 4.79 Å². The number of carboxylic acid groups (broad SMARTS) is 1. The lowest BCUT2D eigenvalue weighted by Crippen LogP contribution is -2.30. The summed E-state index contributed by atoms with van der Waals surface area (Å²) in [4.78, 5) is 24.0. The van der Waals surface area contributed by atoms with Gasteiger partial charge in [0.05, 0.1) is 5.56 Å². The van der Waals surface area contributed by atoms with Crippen LogP contribution in [0.5, 0.6) is 0 Å². The van der Waals surface area contributed by atoms with E-state index in [4.69, 9.17) is 5.11 Å². The molecule has 1 saturated heterocycles. The van der Waals surface area contributed by atoms with Crippen LogP contribution < -0.4 is 4.90 Å². The standard InChI is InChI=1S/C12H13NO3/c1-8-2-7-11(14)13(8)10-5-3-9(4-6-10)12(15)16/h3-6,8H,2,7H2,1H3,(H,15,16)/t8-/m0/s1. The van der Waals surface area contributed by atoms with Crippen molar-refractivity contribution in [2.45, 2.75) is 25.8 Å². The Bertz CT molecular complexity index is 424. The Hall–Kier alpha value is -1.84. The first-order valence-corrected chi connectivity index (χ1v) is 5.25. The van der Waals surface area contributed by atoms with Crippen LogP contribution >= 0.6 is 0 Å². The van der Waals surface area contributed by atoms with Crippen LogP contribution in [0.15, 0.2) is 24.3 Å². The highest BCUT2D eigenvalue weighted by Gasteiger charge is 2.28. The highest BCUT2D eigenvalue weighted by molar-refractivity contribution is 5.96. The fraction of sp³-hybridized carbons (Fsp3) is 0.333. The third-order valence-electron chi connectivity index (χ3n) is 2.88. The summed E-state index contributed by atoms with van der Waals surface area (Å²) in [5.41, 5.74) is 1.02. The summed E-state index contributed by atoms with van der Waals surface area (Å²) in [5.74, 6) is -0.845. The van der Waals surface area contributed by atoms with Gasteiger partial charge in [-0.2, -0.15) is 0 Å². The summed E-state index contributed by atoms with van der Waals surface area (Å²) < 4.78 is 0. The second kappa shape index (κ2) is 3.96. The van der Waals surface area contributed by atoms with Gasteiger partial charge >= 0.3 is 5.97 Å². The quantitative estimate of drug-likeness (QED) is 0.826. The molecule has 0 radical (unpaired) electrons. The van der Waals surface area contributed by atoms with Crippen LogP contribution in [-0.4, -0.2) is 23.0 Å². The number of nitrogens with zero attached hydrogens (tertiary/aromatic N) is 1. The van der Waals surface area contributed by atoms with E-state index in [1.165, 1.54) is 12.1 Å². The molecule has 1 N–H and O–H groups in total. The Labute approximate surface area is 93.5 Å². The minimum Gasteiger partial charge on any atom is -0.478 e. The summed E-state index contributed by atoms with van der Waals surface area (Å²) in [6.07, 6.45) is 1.43. The predicted molar refractivity (Wildman–Crippen MR) is 59.6 cm³/mol. The average Bonchev–Trinajstić information content (AvgIpc) is 2.59. The lowest BCUT2D eigenvalue weighted by molar-refractivity contribution is -0.117. The Morgan fingerprint density at radius 2 is 2.00 bits per heavy atom. The van der Waals surface area contributed by atoms with Gasteiger partial charge in [-0.05, 0) is 37.6 Å². The number of anilines is 1. The summed E-state index contributed by atoms with van der Waals surface area (Å²) >= 11 is 0. The topological polar surface area (TPSA) is 57.6 Å². The fourth-order valence-electron chi connectivity index (χ4n) is 1.99. The Morgan fingerprint density at radius 1 is 1.38 bits per heavy atom. The summed E-state index contributed by atoms with van der Waals surface area (Å²) in [6, 6.07) is 6.61. The second-order valence-electron chi connectivity index (χ2n) is 4.00. The van der Waals surface area contributed by atoms with Crippen molar-refractivity contribution >= 4 is 17.6 Å². The first kappa shape index (κ1) is 10.7. The number of aromatic carboxylic acids is 1. The molecule has 2 rings (SSSR count). The molecule has 0 saturated carbocycles. The van der Waals surface area contributed by atoms with Crippen LogP contribution in [0.2, 0.25) is 0 Å². The summed E-state index contributed by atoms with van der Waals surface area (Å²) in [6.45, 7) is 2.00. The molecule has 1 heterocycles. The zero-order valence-electron chi connectivity index (χ0n) is 9.01. The molecule has 4 heteroatoms. The molecule has 16 heavy (non-hydrogen) atoms. The van der Waals surface area contributed by atoms with E-state index < -0.39 is 5.97 Å². The molecule has 0 bridgehead atoms. The molecule has 1 atom stereocenters. The SMILES string of the molecule is C[C@H]1CCC(=O)N1c1ccc(C(=O)O)cc1. The third-order valence-corrected chi connectivity index (χ3v) is 2.88. The average molecular weight is 219 g/mol. The Balaban J connectivity index is 2.27. The molecule has 0 aromatic heterocycles. The van der Waals surface area contributed by atoms with Crippen molar-refractivity contribution in [2.75, 3.05) is 4.90 Å². The number of carbonyl (C=O) groups is 2. The lowest BCUT2D eigenvalue weighted by Gasteiger charge is -2.21. The smallest absolute Gasteiger partial charge is 0.335 e. The van der Waals surface area contributed by atoms with E-state index in [1.807, 2.05) is 6.92 Å². The van der Waals surface area contributed by atoms with E-state index in [1.54, 1.807) is 17.0 Å². The lowest BCUT2D eigenvalue weighted by atomic mass is 10.2. The van der Waals surface area contributed by atoms with Crippen molar-refractivity contribution in [3.05, 3.63) is 29.8 Å². The van der Waals surface area contributed by atoms with Gasteiger partial charge in [-0.1, -0.05) is 0 Å². The first-order valence-electron chi connectivity index (χ1n) is 5.25. The predicted octanol–water partition coefficient (Wildman–Crippen LogP) is 1.90. The van der Waals surface area contributed by atoms with E-state index in [0.717, 1.165) is 12.1 Å². The van der Waals surface area contributed by atoms with Crippen molar-refractivity contribution in [3.63, 3.8) is 0 Å². The van der Waals surface area contributed by atoms with Crippen molar-refractivity contribution in [2.24, 2.45) is 0 Å². The van der Waals surface area contributed by atoms with Crippen molar-refractivity contribution < 1.29 is 14.7 Å². The largest absolute Gasteiger partial charge is 0.478 e. The zero-order valence-corrected chi connectivity index (χ0v) is 9.01. The molecule has 1 aliphatic rings. The minimum absolute atomic E-state index is 0.107. The Kier molecular flexibility index (Phi) is 2.64. The van der Waals surface area contributed by atoms with Gasteiger partial charge in [0.25, 0.3) is 0 Å². The van der Waals surface area contributed by atoms with Crippen LogP contribution in [0.4, 0.5) is 5.69 Å². The van der Waals surface area contributed by atoms with Gasteiger partial charge in [-0.25, -0.2) is 4.79 Å². The number of hydrogen-bond acceptors (Lipinski definition) is 2. The van der Waals surface area contributed by atoms with Crippen LogP contribution in [0.25, 0.3) is 0 Å². The maximum atomic E-state index is 11.6. The zero-order chi connectivity index (χ0) is 11.7. The Morgan fingerprint density at radius 3 is 2.44 bits per heavy atom. The number of carbonyl (C=O) groups excluding carboxylic acids is 1. The fourth-order valence-corrected chi connectivity index (χ4v) is 1.99. The maximum Gasteiger partial charge on any atom is 0.335 e. The number of hydrogen-bond donors (Lipinski definition) is 1. The molecule has 1 fully saturated rings. The van der Waals surface area contributed by atoms with E-state index in [2.05, 4.69) is 0 Å². The number of benzene rings is 1. The van der Waals surface area contributed by atoms with Gasteiger partial charge in [0.15, 0.2) is 0 Å². The van der Waals surface area contributed by atoms with Crippen LogP contribution in [0, 0.1) is 0 Å². The first-order chi connectivity index (χ1) is 7.59. The van der Waals surface area contributed by atoms with E-state index in [-0.39, 0.29) is 17.5 Å². The van der Waals surface area contributed by atoms with E-state index >= 15 is 0 Å². The molecule has 0 aliphatic carbocycles. The molecule has 1 aromatic rings. The number of amides is 1. The molecule has 1 amide bonds. The molecular weight excluding hydrogens is 206 g/mol. The van der Waals surface area contributed by atoms with Crippen LogP contribution in [0.3, 0.4) is 0 Å². The number of carboxylic acids is 1. The van der Waals surface area contributed by atoms with Crippen LogP contribution in [0.1, 0.15) is 30.1 Å². The summed E-state index contributed by atoms with van der Waals surface area (Å²) in [7, 11) is 0. The molecule has 1 aliphatic heterocycles. The third kappa shape index (κ3) is 1.78. The van der Waals surface area contributed by atoms with Gasteiger partial charge in [0.2, 0.25) is 5.91 Å². The highest BCUT2D eigenvalue weighted by Crippen LogP contribution is 2.26. The van der Waals surface area contributed by atoms with Crippen molar-refractivity contribution in [1.29, 1.82) is 0 Å². The van der Waals surface area contributed by atoms with E-state index in [9.17, 15) is 9.59 Å². The number of rotatable bonds is 2. The molecule has 0 unspecified atom stereocenters. The van der Waals surface area contributed by atoms with Crippen molar-refractivity contribution in [1.82, 2.24) is 0 Å². The maximum absolute atomic E-state index is 11.6. The molecule has 0 spiro atoms. The van der Waals surface area contributed by atoms with Gasteiger partial charge in [-0.15, -0.1) is 0 Å². The van der Waals surface area contributed by atoms with Gasteiger partial charge in [0, 0.05) is 18.2 Å². The van der Waals surface area contributed by atoms with E-state index in [0.29, 0.717) is 6.42 Å². The monoisotopic (exact) mass is 219 g/mol. The van der Waals surface area contributed by atoms with Gasteiger partial charge in [-0.3, -0.25) is 4.79 Å².